The molecule has 0 N–H and O–H groups in total. The van der Waals surface area contributed by atoms with Crippen LogP contribution in [0.2, 0.25) is 0 Å². The zero-order valence-corrected chi connectivity index (χ0v) is 9.02. The predicted octanol–water partition coefficient (Wildman–Crippen LogP) is 2.73. The van der Waals surface area contributed by atoms with Crippen LogP contribution in [0.1, 0.15) is 24.4 Å². The molecule has 4 heteroatoms. The normalized spacial score (nSPS) is 15.4. The molecule has 16 heavy (non-hydrogen) atoms. The first kappa shape index (κ1) is 9.51. The molecule has 0 saturated heterocycles. The molecule has 1 heterocycles. The van der Waals surface area contributed by atoms with Crippen molar-refractivity contribution in [3.8, 4) is 11.4 Å². The second kappa shape index (κ2) is 3.40. The lowest BCUT2D eigenvalue weighted by Crippen LogP contribution is -1.97. The second-order valence-electron chi connectivity index (χ2n) is 4.25. The van der Waals surface area contributed by atoms with E-state index in [1.54, 1.807) is 12.4 Å². The minimum atomic E-state index is -0.210. The van der Waals surface area contributed by atoms with E-state index in [0.717, 1.165) is 17.0 Å². The third-order valence-corrected chi connectivity index (χ3v) is 2.94. The molecule has 0 atom stereocenters. The summed E-state index contributed by atoms with van der Waals surface area (Å²) in [4.78, 5) is 0. The molecule has 1 saturated carbocycles. The van der Waals surface area contributed by atoms with Crippen LogP contribution in [0.4, 0.5) is 4.39 Å². The van der Waals surface area contributed by atoms with Crippen LogP contribution in [0.25, 0.3) is 11.4 Å². The standard InChI is InChI=1S/C12H12FN3/c1-8-6-9(13)2-5-11(8)12-15-14-7-16(12)10-3-4-10/h2,5-7,10H,3-4H2,1H3. The lowest BCUT2D eigenvalue weighted by atomic mass is 10.1. The molecule has 82 valence electrons. The number of nitrogens with zero attached hydrogens (tertiary/aromatic N) is 3. The molecule has 0 unspecified atom stereocenters. The van der Waals surface area contributed by atoms with Crippen LogP contribution >= 0.6 is 0 Å². The molecule has 2 aromatic rings. The van der Waals surface area contributed by atoms with Crippen LogP contribution in [-0.4, -0.2) is 14.8 Å². The topological polar surface area (TPSA) is 30.7 Å². The van der Waals surface area contributed by atoms with E-state index in [1.807, 2.05) is 6.92 Å². The molecule has 1 aliphatic rings. The summed E-state index contributed by atoms with van der Waals surface area (Å²) in [6.07, 6.45) is 4.13. The maximum atomic E-state index is 13.0. The van der Waals surface area contributed by atoms with Crippen molar-refractivity contribution in [3.63, 3.8) is 0 Å². The smallest absolute Gasteiger partial charge is 0.164 e. The molecule has 0 aliphatic heterocycles. The molecule has 0 amide bonds. The zero-order valence-electron chi connectivity index (χ0n) is 9.02. The fraction of sp³-hybridized carbons (Fsp3) is 0.333. The Kier molecular flexibility index (Phi) is 2.02. The summed E-state index contributed by atoms with van der Waals surface area (Å²) < 4.78 is 15.1. The molecule has 3 rings (SSSR count). The molecule has 3 nitrogen and oxygen atoms in total. The highest BCUT2D eigenvalue weighted by molar-refractivity contribution is 5.60. The first-order valence-corrected chi connectivity index (χ1v) is 5.42. The summed E-state index contributed by atoms with van der Waals surface area (Å²) in [6, 6.07) is 5.30. The van der Waals surface area contributed by atoms with Crippen molar-refractivity contribution in [2.45, 2.75) is 25.8 Å². The van der Waals surface area contributed by atoms with E-state index in [4.69, 9.17) is 0 Å². The van der Waals surface area contributed by atoms with Crippen LogP contribution in [0.15, 0.2) is 24.5 Å². The average Bonchev–Trinajstić information content (AvgIpc) is 2.98. The molecular formula is C12H12FN3. The Morgan fingerprint density at radius 1 is 1.38 bits per heavy atom. The highest BCUT2D eigenvalue weighted by Crippen LogP contribution is 2.37. The third kappa shape index (κ3) is 1.50. The number of hydrogen-bond donors (Lipinski definition) is 0. The monoisotopic (exact) mass is 217 g/mol. The number of aromatic nitrogens is 3. The Balaban J connectivity index is 2.10. The summed E-state index contributed by atoms with van der Waals surface area (Å²) in [5.74, 6) is 0.638. The Morgan fingerprint density at radius 2 is 2.19 bits per heavy atom. The van der Waals surface area contributed by atoms with E-state index in [9.17, 15) is 4.39 Å². The van der Waals surface area contributed by atoms with Gasteiger partial charge in [-0.2, -0.15) is 0 Å². The van der Waals surface area contributed by atoms with E-state index in [2.05, 4.69) is 14.8 Å². The van der Waals surface area contributed by atoms with Crippen LogP contribution in [0.5, 0.6) is 0 Å². The van der Waals surface area contributed by atoms with Crippen molar-refractivity contribution in [1.29, 1.82) is 0 Å². The van der Waals surface area contributed by atoms with E-state index in [1.165, 1.54) is 25.0 Å². The van der Waals surface area contributed by atoms with E-state index >= 15 is 0 Å². The minimum absolute atomic E-state index is 0.210. The first-order chi connectivity index (χ1) is 7.75. The van der Waals surface area contributed by atoms with Gasteiger partial charge in [-0.15, -0.1) is 10.2 Å². The molecule has 0 spiro atoms. The van der Waals surface area contributed by atoms with E-state index in [0.29, 0.717) is 6.04 Å². The van der Waals surface area contributed by atoms with Crippen molar-refractivity contribution < 1.29 is 4.39 Å². The zero-order chi connectivity index (χ0) is 11.1. The Bertz CT molecular complexity index is 529. The van der Waals surface area contributed by atoms with Gasteiger partial charge in [-0.05, 0) is 43.5 Å². The summed E-state index contributed by atoms with van der Waals surface area (Å²) in [7, 11) is 0. The number of hydrogen-bond acceptors (Lipinski definition) is 2. The van der Waals surface area contributed by atoms with Crippen molar-refractivity contribution >= 4 is 0 Å². The highest BCUT2D eigenvalue weighted by Gasteiger charge is 2.26. The summed E-state index contributed by atoms with van der Waals surface area (Å²) in [5, 5.41) is 8.07. The second-order valence-corrected chi connectivity index (χ2v) is 4.25. The molecule has 1 aliphatic carbocycles. The number of benzene rings is 1. The summed E-state index contributed by atoms with van der Waals surface area (Å²) in [6.45, 7) is 1.89. The van der Waals surface area contributed by atoms with Gasteiger partial charge in [0.2, 0.25) is 0 Å². The van der Waals surface area contributed by atoms with Crippen molar-refractivity contribution in [2.75, 3.05) is 0 Å². The highest BCUT2D eigenvalue weighted by atomic mass is 19.1. The maximum Gasteiger partial charge on any atom is 0.164 e. The first-order valence-electron chi connectivity index (χ1n) is 5.42. The predicted molar refractivity (Wildman–Crippen MR) is 58.4 cm³/mol. The van der Waals surface area contributed by atoms with Gasteiger partial charge in [-0.3, -0.25) is 0 Å². The van der Waals surface area contributed by atoms with Gasteiger partial charge in [-0.1, -0.05) is 0 Å². The number of aryl methyl sites for hydroxylation is 1. The maximum absolute atomic E-state index is 13.0. The Morgan fingerprint density at radius 3 is 2.88 bits per heavy atom. The van der Waals surface area contributed by atoms with Crippen molar-refractivity contribution in [2.24, 2.45) is 0 Å². The summed E-state index contributed by atoms with van der Waals surface area (Å²) in [5.41, 5.74) is 1.86. The van der Waals surface area contributed by atoms with Gasteiger partial charge in [0.1, 0.15) is 12.1 Å². The average molecular weight is 217 g/mol. The lowest BCUT2D eigenvalue weighted by Gasteiger charge is -2.07. The largest absolute Gasteiger partial charge is 0.310 e. The van der Waals surface area contributed by atoms with E-state index < -0.39 is 0 Å². The van der Waals surface area contributed by atoms with Crippen molar-refractivity contribution in [1.82, 2.24) is 14.8 Å². The van der Waals surface area contributed by atoms with Gasteiger partial charge < -0.3 is 4.57 Å². The van der Waals surface area contributed by atoms with Gasteiger partial charge in [0.15, 0.2) is 5.82 Å². The van der Waals surface area contributed by atoms with Crippen LogP contribution in [0, 0.1) is 12.7 Å². The summed E-state index contributed by atoms with van der Waals surface area (Å²) >= 11 is 0. The van der Waals surface area contributed by atoms with Crippen molar-refractivity contribution in [3.05, 3.63) is 35.9 Å². The fourth-order valence-electron chi connectivity index (χ4n) is 1.93. The van der Waals surface area contributed by atoms with Gasteiger partial charge in [0.05, 0.1) is 0 Å². The van der Waals surface area contributed by atoms with Crippen LogP contribution < -0.4 is 0 Å². The van der Waals surface area contributed by atoms with Gasteiger partial charge in [0, 0.05) is 11.6 Å². The molecular weight excluding hydrogens is 205 g/mol. The van der Waals surface area contributed by atoms with Crippen LogP contribution in [-0.2, 0) is 0 Å². The number of rotatable bonds is 2. The Hall–Kier alpha value is -1.71. The lowest BCUT2D eigenvalue weighted by molar-refractivity contribution is 0.626. The minimum Gasteiger partial charge on any atom is -0.310 e. The van der Waals surface area contributed by atoms with Gasteiger partial charge in [-0.25, -0.2) is 4.39 Å². The quantitative estimate of drug-likeness (QED) is 0.774. The molecule has 1 aromatic carbocycles. The molecule has 0 bridgehead atoms. The third-order valence-electron chi connectivity index (χ3n) is 2.94. The van der Waals surface area contributed by atoms with Gasteiger partial charge in [0.25, 0.3) is 0 Å². The van der Waals surface area contributed by atoms with E-state index in [-0.39, 0.29) is 5.82 Å². The SMILES string of the molecule is Cc1cc(F)ccc1-c1nncn1C1CC1. The van der Waals surface area contributed by atoms with Crippen LogP contribution in [0.3, 0.4) is 0 Å². The molecule has 1 fully saturated rings. The number of halogens is 1. The molecule has 1 aromatic heterocycles. The fourth-order valence-corrected chi connectivity index (χ4v) is 1.93. The molecule has 0 radical (unpaired) electrons. The Labute approximate surface area is 92.9 Å². The van der Waals surface area contributed by atoms with Gasteiger partial charge >= 0.3 is 0 Å².